The maximum absolute atomic E-state index is 12.1. The maximum atomic E-state index is 12.1. The molecule has 0 aliphatic rings. The molecule has 2 aromatic heterocycles. The first kappa shape index (κ1) is 13.2. The van der Waals surface area contributed by atoms with Crippen LogP contribution < -0.4 is 5.32 Å². The molecular weight excluding hydrogens is 338 g/mol. The number of aromatic nitrogens is 2. The highest BCUT2D eigenvalue weighted by Gasteiger charge is 2.08. The van der Waals surface area contributed by atoms with Gasteiger partial charge in [0.05, 0.1) is 17.6 Å². The molecule has 3 rings (SSSR count). The van der Waals surface area contributed by atoms with Gasteiger partial charge in [-0.05, 0) is 45.6 Å². The average molecular weight is 348 g/mol. The summed E-state index contributed by atoms with van der Waals surface area (Å²) in [4.78, 5) is 21.6. The molecule has 20 heavy (non-hydrogen) atoms. The van der Waals surface area contributed by atoms with Crippen LogP contribution in [0.4, 0.5) is 0 Å². The van der Waals surface area contributed by atoms with Crippen LogP contribution in [0.3, 0.4) is 0 Å². The molecule has 0 aliphatic heterocycles. The summed E-state index contributed by atoms with van der Waals surface area (Å²) < 4.78 is 1.02. The number of amides is 1. The van der Waals surface area contributed by atoms with Crippen molar-refractivity contribution < 1.29 is 4.79 Å². The lowest BCUT2D eigenvalue weighted by Crippen LogP contribution is -2.22. The number of fused-ring (bicyclic) bond motifs is 1. The van der Waals surface area contributed by atoms with Crippen molar-refractivity contribution >= 4 is 44.2 Å². The Bertz CT molecular complexity index is 772. The Morgan fingerprint density at radius 2 is 2.00 bits per heavy atom. The Kier molecular flexibility index (Phi) is 3.75. The lowest BCUT2D eigenvalue weighted by atomic mass is 10.2. The summed E-state index contributed by atoms with van der Waals surface area (Å²) in [7, 11) is 0. The summed E-state index contributed by atoms with van der Waals surface area (Å²) in [6.07, 6.45) is 3.25. The fraction of sp³-hybridized carbons (Fsp3) is 0.0714. The largest absolute Gasteiger partial charge is 0.347 e. The van der Waals surface area contributed by atoms with Crippen LogP contribution in [0.5, 0.6) is 0 Å². The molecule has 0 fully saturated rings. The second-order valence-corrected chi connectivity index (χ2v) is 5.99. The Labute approximate surface area is 128 Å². The van der Waals surface area contributed by atoms with Gasteiger partial charge in [0.2, 0.25) is 0 Å². The molecule has 0 saturated heterocycles. The summed E-state index contributed by atoms with van der Waals surface area (Å²) in [5.41, 5.74) is 2.09. The van der Waals surface area contributed by atoms with Crippen LogP contribution in [-0.4, -0.2) is 15.9 Å². The monoisotopic (exact) mass is 347 g/mol. The molecule has 0 spiro atoms. The molecule has 0 unspecified atom stereocenters. The van der Waals surface area contributed by atoms with E-state index in [4.69, 9.17) is 0 Å². The zero-order valence-corrected chi connectivity index (χ0v) is 12.7. The van der Waals surface area contributed by atoms with Gasteiger partial charge in [0.15, 0.2) is 0 Å². The zero-order chi connectivity index (χ0) is 13.9. The van der Waals surface area contributed by atoms with Gasteiger partial charge < -0.3 is 5.32 Å². The third-order valence-corrected chi connectivity index (χ3v) is 4.76. The van der Waals surface area contributed by atoms with Gasteiger partial charge in [-0.2, -0.15) is 0 Å². The molecule has 1 aromatic carbocycles. The molecule has 2 heterocycles. The number of thiophene rings is 1. The van der Waals surface area contributed by atoms with Crippen LogP contribution in [0.2, 0.25) is 0 Å². The van der Waals surface area contributed by atoms with Crippen molar-refractivity contribution in [3.8, 4) is 0 Å². The quantitative estimate of drug-likeness (QED) is 0.790. The van der Waals surface area contributed by atoms with E-state index in [2.05, 4.69) is 31.2 Å². The van der Waals surface area contributed by atoms with Gasteiger partial charge in [-0.25, -0.2) is 0 Å². The SMILES string of the molecule is O=C(NCc1sccc1Br)c1ccc2nccnc2c1. The molecular formula is C14H10BrN3OS. The van der Waals surface area contributed by atoms with Crippen molar-refractivity contribution in [2.45, 2.75) is 6.54 Å². The number of benzene rings is 1. The normalized spacial score (nSPS) is 10.7. The Balaban J connectivity index is 1.77. The van der Waals surface area contributed by atoms with E-state index >= 15 is 0 Å². The third-order valence-electron chi connectivity index (χ3n) is 2.83. The van der Waals surface area contributed by atoms with E-state index < -0.39 is 0 Å². The fourth-order valence-corrected chi connectivity index (χ4v) is 3.25. The average Bonchev–Trinajstić information content (AvgIpc) is 2.89. The van der Waals surface area contributed by atoms with Crippen LogP contribution in [0.1, 0.15) is 15.2 Å². The number of rotatable bonds is 3. The smallest absolute Gasteiger partial charge is 0.251 e. The van der Waals surface area contributed by atoms with Crippen molar-refractivity contribution in [1.82, 2.24) is 15.3 Å². The molecule has 1 N–H and O–H groups in total. The van der Waals surface area contributed by atoms with Gasteiger partial charge in [-0.15, -0.1) is 11.3 Å². The number of nitrogens with one attached hydrogen (secondary N) is 1. The molecule has 1 amide bonds. The second kappa shape index (κ2) is 5.68. The predicted octanol–water partition coefficient (Wildman–Crippen LogP) is 3.38. The first-order chi connectivity index (χ1) is 9.74. The van der Waals surface area contributed by atoms with Crippen molar-refractivity contribution in [3.63, 3.8) is 0 Å². The zero-order valence-electron chi connectivity index (χ0n) is 10.3. The lowest BCUT2D eigenvalue weighted by Gasteiger charge is -2.05. The molecule has 6 heteroatoms. The van der Waals surface area contributed by atoms with E-state index in [1.165, 1.54) is 0 Å². The van der Waals surface area contributed by atoms with Crippen molar-refractivity contribution in [1.29, 1.82) is 0 Å². The van der Waals surface area contributed by atoms with Crippen molar-refractivity contribution in [3.05, 3.63) is 57.0 Å². The highest BCUT2D eigenvalue weighted by atomic mass is 79.9. The van der Waals surface area contributed by atoms with E-state index in [0.717, 1.165) is 20.4 Å². The van der Waals surface area contributed by atoms with Crippen LogP contribution >= 0.6 is 27.3 Å². The van der Waals surface area contributed by atoms with E-state index in [1.54, 1.807) is 41.9 Å². The van der Waals surface area contributed by atoms with Crippen molar-refractivity contribution in [2.24, 2.45) is 0 Å². The summed E-state index contributed by atoms with van der Waals surface area (Å²) in [5, 5.41) is 4.88. The van der Waals surface area contributed by atoms with Gasteiger partial charge in [-0.1, -0.05) is 0 Å². The summed E-state index contributed by atoms with van der Waals surface area (Å²) in [6, 6.07) is 7.28. The first-order valence-electron chi connectivity index (χ1n) is 5.95. The third kappa shape index (κ3) is 2.71. The summed E-state index contributed by atoms with van der Waals surface area (Å²) >= 11 is 5.05. The Morgan fingerprint density at radius 3 is 2.75 bits per heavy atom. The molecule has 0 saturated carbocycles. The minimum absolute atomic E-state index is 0.113. The number of halogens is 1. The molecule has 4 nitrogen and oxygen atoms in total. The number of hydrogen-bond acceptors (Lipinski definition) is 4. The first-order valence-corrected chi connectivity index (χ1v) is 7.62. The van der Waals surface area contributed by atoms with E-state index in [9.17, 15) is 4.79 Å². The van der Waals surface area contributed by atoms with E-state index in [0.29, 0.717) is 12.1 Å². The summed E-state index contributed by atoms with van der Waals surface area (Å²) in [6.45, 7) is 0.510. The van der Waals surface area contributed by atoms with Gasteiger partial charge in [-0.3, -0.25) is 14.8 Å². The molecule has 100 valence electrons. The minimum atomic E-state index is -0.113. The number of hydrogen-bond donors (Lipinski definition) is 1. The number of nitrogens with zero attached hydrogens (tertiary/aromatic N) is 2. The van der Waals surface area contributed by atoms with Crippen LogP contribution in [0.25, 0.3) is 11.0 Å². The Hall–Kier alpha value is -1.79. The number of carbonyl (C=O) groups excluding carboxylic acids is 1. The number of carbonyl (C=O) groups is 1. The topological polar surface area (TPSA) is 54.9 Å². The van der Waals surface area contributed by atoms with Gasteiger partial charge in [0, 0.05) is 27.3 Å². The van der Waals surface area contributed by atoms with Crippen molar-refractivity contribution in [2.75, 3.05) is 0 Å². The highest BCUT2D eigenvalue weighted by Crippen LogP contribution is 2.22. The van der Waals surface area contributed by atoms with Crippen LogP contribution in [-0.2, 0) is 6.54 Å². The molecule has 0 radical (unpaired) electrons. The molecule has 0 aliphatic carbocycles. The second-order valence-electron chi connectivity index (χ2n) is 4.13. The molecule has 0 atom stereocenters. The van der Waals surface area contributed by atoms with E-state index in [-0.39, 0.29) is 5.91 Å². The van der Waals surface area contributed by atoms with Crippen LogP contribution in [0.15, 0.2) is 46.5 Å². The van der Waals surface area contributed by atoms with Crippen LogP contribution in [0, 0.1) is 0 Å². The lowest BCUT2D eigenvalue weighted by molar-refractivity contribution is 0.0951. The van der Waals surface area contributed by atoms with Gasteiger partial charge >= 0.3 is 0 Å². The Morgan fingerprint density at radius 1 is 1.20 bits per heavy atom. The standard InChI is InChI=1S/C14H10BrN3OS/c15-10-3-6-20-13(10)8-18-14(19)9-1-2-11-12(7-9)17-5-4-16-11/h1-7H,8H2,(H,18,19). The fourth-order valence-electron chi connectivity index (χ4n) is 1.82. The maximum Gasteiger partial charge on any atom is 0.251 e. The molecule has 3 aromatic rings. The molecule has 0 bridgehead atoms. The summed E-state index contributed by atoms with van der Waals surface area (Å²) in [5.74, 6) is -0.113. The minimum Gasteiger partial charge on any atom is -0.347 e. The van der Waals surface area contributed by atoms with Gasteiger partial charge in [0.25, 0.3) is 5.91 Å². The van der Waals surface area contributed by atoms with E-state index in [1.807, 2.05) is 11.4 Å². The predicted molar refractivity (Wildman–Crippen MR) is 82.7 cm³/mol. The highest BCUT2D eigenvalue weighted by molar-refractivity contribution is 9.10. The van der Waals surface area contributed by atoms with Gasteiger partial charge in [0.1, 0.15) is 0 Å².